The molecule has 0 saturated carbocycles. The third kappa shape index (κ3) is 1.97. The molecule has 0 heterocycles. The molecule has 0 saturated heterocycles. The highest BCUT2D eigenvalue weighted by Crippen LogP contribution is 2.16. The van der Waals surface area contributed by atoms with Gasteiger partial charge in [-0.05, 0) is 36.1 Å². The largest absolute Gasteiger partial charge is 0.290 e. The predicted octanol–water partition coefficient (Wildman–Crippen LogP) is 2.96. The first-order chi connectivity index (χ1) is 5.26. The summed E-state index contributed by atoms with van der Waals surface area (Å²) in [6.07, 6.45) is 1.90. The fraction of sp³-hybridized carbons (Fsp3) is 0.400. The maximum Gasteiger partial charge on any atom is 0.179 e. The van der Waals surface area contributed by atoms with Gasteiger partial charge in [0.25, 0.3) is 0 Å². The van der Waals surface area contributed by atoms with Gasteiger partial charge in [-0.25, -0.2) is 0 Å². The van der Waals surface area contributed by atoms with Gasteiger partial charge < -0.3 is 0 Å². The predicted molar refractivity (Wildman–Crippen MR) is 45.3 cm³/mol. The zero-order chi connectivity index (χ0) is 8.27. The quantitative estimate of drug-likeness (QED) is 0.616. The Hall–Kier alpha value is -0.980. The molecule has 59 valence electrons. The number of aryl methyl sites for hydroxylation is 2. The molecule has 1 nitrogen and oxygen atoms in total. The average molecular weight is 149 g/mol. The summed E-state index contributed by atoms with van der Waals surface area (Å²) >= 11 is 0. The molecule has 0 fully saturated rings. The summed E-state index contributed by atoms with van der Waals surface area (Å²) in [5.74, 6) is 0.140. The molecule has 0 bridgehead atoms. The molecular weight excluding hydrogens is 136 g/mol. The van der Waals surface area contributed by atoms with E-state index in [1.165, 1.54) is 0 Å². The van der Waals surface area contributed by atoms with E-state index in [1.54, 1.807) is 12.1 Å². The third-order valence-electron chi connectivity index (χ3n) is 1.84. The maximum absolute atomic E-state index is 11.0. The molecule has 0 atom stereocenters. The molecule has 1 rings (SSSR count). The molecule has 11 heavy (non-hydrogen) atoms. The minimum Gasteiger partial charge on any atom is -0.290 e. The van der Waals surface area contributed by atoms with Crippen molar-refractivity contribution in [2.45, 2.75) is 26.7 Å². The highest BCUT2D eigenvalue weighted by atomic mass is 16.3. The molecule has 0 N–H and O–H groups in total. The third-order valence-corrected chi connectivity index (χ3v) is 1.84. The van der Waals surface area contributed by atoms with Crippen LogP contribution in [0.1, 0.15) is 25.0 Å². The van der Waals surface area contributed by atoms with Crippen molar-refractivity contribution in [3.63, 3.8) is 0 Å². The Bertz CT molecular complexity index is 218. The number of hydrogen-bond donors (Lipinski definition) is 0. The van der Waals surface area contributed by atoms with Gasteiger partial charge in [0.15, 0.2) is 5.75 Å². The van der Waals surface area contributed by atoms with Gasteiger partial charge in [-0.3, -0.25) is 5.11 Å². The first-order valence-corrected chi connectivity index (χ1v) is 4.06. The summed E-state index contributed by atoms with van der Waals surface area (Å²) in [6, 6.07) is 5.51. The molecule has 1 aromatic rings. The van der Waals surface area contributed by atoms with Crippen LogP contribution >= 0.6 is 0 Å². The first-order valence-electron chi connectivity index (χ1n) is 4.06. The van der Waals surface area contributed by atoms with Crippen LogP contribution in [-0.2, 0) is 17.9 Å². The van der Waals surface area contributed by atoms with Crippen molar-refractivity contribution in [1.29, 1.82) is 0 Å². The van der Waals surface area contributed by atoms with Gasteiger partial charge in [0, 0.05) is 0 Å². The van der Waals surface area contributed by atoms with Crippen molar-refractivity contribution in [3.8, 4) is 5.75 Å². The average Bonchev–Trinajstić information content (AvgIpc) is 2.03. The van der Waals surface area contributed by atoms with Gasteiger partial charge in [0.05, 0.1) is 0 Å². The van der Waals surface area contributed by atoms with Crippen LogP contribution in [-0.4, -0.2) is 0 Å². The van der Waals surface area contributed by atoms with Crippen molar-refractivity contribution < 1.29 is 5.11 Å². The second-order valence-corrected chi connectivity index (χ2v) is 2.69. The van der Waals surface area contributed by atoms with Crippen LogP contribution in [0, 0.1) is 0 Å². The van der Waals surface area contributed by atoms with Gasteiger partial charge in [-0.15, -0.1) is 0 Å². The van der Waals surface area contributed by atoms with Crippen LogP contribution in [0.25, 0.3) is 0 Å². The van der Waals surface area contributed by atoms with Crippen LogP contribution in [0.5, 0.6) is 5.75 Å². The van der Waals surface area contributed by atoms with Crippen LogP contribution in [0.15, 0.2) is 18.2 Å². The van der Waals surface area contributed by atoms with Crippen LogP contribution in [0.2, 0.25) is 0 Å². The van der Waals surface area contributed by atoms with Gasteiger partial charge >= 0.3 is 0 Å². The lowest BCUT2D eigenvalue weighted by molar-refractivity contribution is 0.354. The van der Waals surface area contributed by atoms with Gasteiger partial charge in [0.1, 0.15) is 0 Å². The number of rotatable bonds is 2. The monoisotopic (exact) mass is 149 g/mol. The Labute approximate surface area is 67.7 Å². The molecule has 1 heteroatoms. The first kappa shape index (κ1) is 8.12. The fourth-order valence-electron chi connectivity index (χ4n) is 1.14. The molecule has 1 radical (unpaired) electrons. The van der Waals surface area contributed by atoms with Crippen LogP contribution < -0.4 is 0 Å². The Morgan fingerprint density at radius 1 is 1.00 bits per heavy atom. The lowest BCUT2D eigenvalue weighted by Gasteiger charge is -2.00. The lowest BCUT2D eigenvalue weighted by Crippen LogP contribution is -1.84. The molecule has 0 aliphatic carbocycles. The smallest absolute Gasteiger partial charge is 0.179 e. The van der Waals surface area contributed by atoms with Crippen molar-refractivity contribution in [2.24, 2.45) is 0 Å². The van der Waals surface area contributed by atoms with Gasteiger partial charge in [-0.1, -0.05) is 19.9 Å². The highest BCUT2D eigenvalue weighted by Gasteiger charge is 1.97. The molecule has 0 unspecified atom stereocenters. The van der Waals surface area contributed by atoms with Crippen molar-refractivity contribution in [3.05, 3.63) is 29.3 Å². The molecule has 0 aromatic heterocycles. The Morgan fingerprint density at radius 2 is 1.45 bits per heavy atom. The SMILES string of the molecule is CCc1cc([O])cc(CC)c1. The maximum atomic E-state index is 11.0. The lowest BCUT2D eigenvalue weighted by atomic mass is 10.1. The second kappa shape index (κ2) is 3.42. The van der Waals surface area contributed by atoms with E-state index in [9.17, 15) is 5.11 Å². The summed E-state index contributed by atoms with van der Waals surface area (Å²) in [6.45, 7) is 4.13. The number of benzene rings is 1. The molecule has 0 aliphatic heterocycles. The van der Waals surface area contributed by atoms with E-state index in [0.29, 0.717) is 0 Å². The Morgan fingerprint density at radius 3 is 1.82 bits per heavy atom. The zero-order valence-electron chi connectivity index (χ0n) is 7.05. The standard InChI is InChI=1S/C10H13O/c1-3-8-5-9(4-2)7-10(11)6-8/h5-7H,3-4H2,1-2H3. The van der Waals surface area contributed by atoms with Crippen molar-refractivity contribution in [2.75, 3.05) is 0 Å². The number of hydrogen-bond acceptors (Lipinski definition) is 0. The van der Waals surface area contributed by atoms with E-state index in [0.717, 1.165) is 24.0 Å². The van der Waals surface area contributed by atoms with Crippen LogP contribution in [0.4, 0.5) is 0 Å². The second-order valence-electron chi connectivity index (χ2n) is 2.69. The minimum atomic E-state index is 0.140. The van der Waals surface area contributed by atoms with E-state index < -0.39 is 0 Å². The Balaban J connectivity index is 3.02. The van der Waals surface area contributed by atoms with Crippen molar-refractivity contribution in [1.82, 2.24) is 0 Å². The molecule has 0 amide bonds. The Kier molecular flexibility index (Phi) is 2.53. The molecule has 0 aliphatic rings. The summed E-state index contributed by atoms with van der Waals surface area (Å²) in [5.41, 5.74) is 2.30. The molecule has 0 spiro atoms. The molecular formula is C10H13O. The summed E-state index contributed by atoms with van der Waals surface area (Å²) in [5, 5.41) is 11.0. The zero-order valence-corrected chi connectivity index (χ0v) is 7.05. The van der Waals surface area contributed by atoms with E-state index >= 15 is 0 Å². The summed E-state index contributed by atoms with van der Waals surface area (Å²) in [7, 11) is 0. The van der Waals surface area contributed by atoms with E-state index in [4.69, 9.17) is 0 Å². The minimum absolute atomic E-state index is 0.140. The topological polar surface area (TPSA) is 19.9 Å². The molecule has 1 aromatic carbocycles. The summed E-state index contributed by atoms with van der Waals surface area (Å²) < 4.78 is 0. The highest BCUT2D eigenvalue weighted by molar-refractivity contribution is 5.33. The fourth-order valence-corrected chi connectivity index (χ4v) is 1.14. The van der Waals surface area contributed by atoms with E-state index in [-0.39, 0.29) is 5.75 Å². The van der Waals surface area contributed by atoms with Gasteiger partial charge in [0.2, 0.25) is 0 Å². The van der Waals surface area contributed by atoms with E-state index in [1.807, 2.05) is 0 Å². The van der Waals surface area contributed by atoms with Crippen LogP contribution in [0.3, 0.4) is 0 Å². The normalized spacial score (nSPS) is 10.0. The van der Waals surface area contributed by atoms with Gasteiger partial charge in [-0.2, -0.15) is 0 Å². The summed E-state index contributed by atoms with van der Waals surface area (Å²) in [4.78, 5) is 0. The van der Waals surface area contributed by atoms with Crippen molar-refractivity contribution >= 4 is 0 Å². The van der Waals surface area contributed by atoms with E-state index in [2.05, 4.69) is 19.9 Å².